The lowest BCUT2D eigenvalue weighted by Crippen LogP contribution is -2.34. The number of para-hydroxylation sites is 1. The van der Waals surface area contributed by atoms with E-state index in [0.717, 1.165) is 11.3 Å². The fourth-order valence-corrected chi connectivity index (χ4v) is 1.69. The molecule has 4 heteroatoms. The summed E-state index contributed by atoms with van der Waals surface area (Å²) in [5.41, 5.74) is 1.96. The standard InChI is InChI=1S/C13H16N2O2/c1-10-5-3-4-6-12(10)15(11(2)9-14)8-7-13(16)17/h3-6,11H,7-8H2,1-2H3,(H,16,17). The van der Waals surface area contributed by atoms with Crippen LogP contribution in [0.3, 0.4) is 0 Å². The molecule has 0 saturated heterocycles. The highest BCUT2D eigenvalue weighted by Crippen LogP contribution is 2.21. The summed E-state index contributed by atoms with van der Waals surface area (Å²) in [6.45, 7) is 4.07. The minimum Gasteiger partial charge on any atom is -0.481 e. The number of benzene rings is 1. The lowest BCUT2D eigenvalue weighted by atomic mass is 10.1. The Morgan fingerprint density at radius 2 is 2.18 bits per heavy atom. The van der Waals surface area contributed by atoms with Gasteiger partial charge in [0.2, 0.25) is 0 Å². The SMILES string of the molecule is Cc1ccccc1N(CCC(=O)O)C(C)C#N. The van der Waals surface area contributed by atoms with Crippen LogP contribution < -0.4 is 4.90 Å². The quantitative estimate of drug-likeness (QED) is 0.845. The third-order valence-corrected chi connectivity index (χ3v) is 2.65. The van der Waals surface area contributed by atoms with E-state index in [1.165, 1.54) is 0 Å². The lowest BCUT2D eigenvalue weighted by Gasteiger charge is -2.28. The van der Waals surface area contributed by atoms with Crippen molar-refractivity contribution in [3.05, 3.63) is 29.8 Å². The molecule has 0 heterocycles. The molecule has 1 aromatic carbocycles. The summed E-state index contributed by atoms with van der Waals surface area (Å²) in [7, 11) is 0. The fourth-order valence-electron chi connectivity index (χ4n) is 1.69. The van der Waals surface area contributed by atoms with Crippen LogP contribution in [0.15, 0.2) is 24.3 Å². The Bertz CT molecular complexity index is 437. The Labute approximate surface area is 101 Å². The van der Waals surface area contributed by atoms with Crippen molar-refractivity contribution in [3.8, 4) is 6.07 Å². The van der Waals surface area contributed by atoms with Gasteiger partial charge < -0.3 is 10.0 Å². The van der Waals surface area contributed by atoms with Crippen molar-refractivity contribution in [2.24, 2.45) is 0 Å². The van der Waals surface area contributed by atoms with Crippen LogP contribution in [0.2, 0.25) is 0 Å². The zero-order chi connectivity index (χ0) is 12.8. The smallest absolute Gasteiger partial charge is 0.305 e. The monoisotopic (exact) mass is 232 g/mol. The average molecular weight is 232 g/mol. The Hall–Kier alpha value is -2.02. The maximum atomic E-state index is 10.6. The molecule has 0 aliphatic carbocycles. The largest absolute Gasteiger partial charge is 0.481 e. The van der Waals surface area contributed by atoms with Gasteiger partial charge in [-0.2, -0.15) is 5.26 Å². The molecule has 1 rings (SSSR count). The Morgan fingerprint density at radius 3 is 2.71 bits per heavy atom. The lowest BCUT2D eigenvalue weighted by molar-refractivity contribution is -0.136. The number of aryl methyl sites for hydroxylation is 1. The maximum absolute atomic E-state index is 10.6. The molecule has 0 aromatic heterocycles. The first-order valence-electron chi connectivity index (χ1n) is 5.50. The number of anilines is 1. The second kappa shape index (κ2) is 5.90. The van der Waals surface area contributed by atoms with E-state index < -0.39 is 5.97 Å². The molecule has 1 N–H and O–H groups in total. The molecular weight excluding hydrogens is 216 g/mol. The summed E-state index contributed by atoms with van der Waals surface area (Å²) in [6.07, 6.45) is 0.0281. The van der Waals surface area contributed by atoms with Gasteiger partial charge in [-0.15, -0.1) is 0 Å². The first kappa shape index (κ1) is 13.0. The van der Waals surface area contributed by atoms with Gasteiger partial charge in [-0.1, -0.05) is 18.2 Å². The normalized spacial score (nSPS) is 11.6. The van der Waals surface area contributed by atoms with Gasteiger partial charge in [0.1, 0.15) is 6.04 Å². The van der Waals surface area contributed by atoms with E-state index in [1.54, 1.807) is 6.92 Å². The summed E-state index contributed by atoms with van der Waals surface area (Å²) in [5, 5.41) is 17.7. The van der Waals surface area contributed by atoms with Crippen LogP contribution in [-0.2, 0) is 4.79 Å². The molecule has 1 atom stereocenters. The summed E-state index contributed by atoms with van der Waals surface area (Å²) >= 11 is 0. The van der Waals surface area contributed by atoms with Crippen LogP contribution in [0, 0.1) is 18.3 Å². The predicted molar refractivity (Wildman–Crippen MR) is 65.9 cm³/mol. The molecule has 0 aliphatic rings. The Morgan fingerprint density at radius 1 is 1.53 bits per heavy atom. The number of rotatable bonds is 5. The number of hydrogen-bond acceptors (Lipinski definition) is 3. The molecule has 0 bridgehead atoms. The van der Waals surface area contributed by atoms with Crippen molar-refractivity contribution in [2.75, 3.05) is 11.4 Å². The minimum atomic E-state index is -0.853. The summed E-state index contributed by atoms with van der Waals surface area (Å²) in [5.74, 6) is -0.853. The minimum absolute atomic E-state index is 0.0281. The van der Waals surface area contributed by atoms with Crippen LogP contribution in [0.5, 0.6) is 0 Å². The van der Waals surface area contributed by atoms with Crippen LogP contribution in [-0.4, -0.2) is 23.7 Å². The highest BCUT2D eigenvalue weighted by molar-refractivity contribution is 5.68. The molecule has 4 nitrogen and oxygen atoms in total. The van der Waals surface area contributed by atoms with Gasteiger partial charge in [0, 0.05) is 12.2 Å². The van der Waals surface area contributed by atoms with Crippen LogP contribution >= 0.6 is 0 Å². The molecule has 90 valence electrons. The zero-order valence-corrected chi connectivity index (χ0v) is 10.1. The van der Waals surface area contributed by atoms with E-state index in [-0.39, 0.29) is 12.5 Å². The van der Waals surface area contributed by atoms with Gasteiger partial charge in [0.05, 0.1) is 12.5 Å². The first-order chi connectivity index (χ1) is 8.06. The van der Waals surface area contributed by atoms with Crippen LogP contribution in [0.25, 0.3) is 0 Å². The topological polar surface area (TPSA) is 64.3 Å². The van der Waals surface area contributed by atoms with Crippen LogP contribution in [0.4, 0.5) is 5.69 Å². The van der Waals surface area contributed by atoms with Crippen molar-refractivity contribution in [2.45, 2.75) is 26.3 Å². The highest BCUT2D eigenvalue weighted by atomic mass is 16.4. The van der Waals surface area contributed by atoms with Gasteiger partial charge in [0.15, 0.2) is 0 Å². The van der Waals surface area contributed by atoms with Gasteiger partial charge in [-0.3, -0.25) is 4.79 Å². The molecule has 1 aromatic rings. The second-order valence-corrected chi connectivity index (χ2v) is 3.93. The highest BCUT2D eigenvalue weighted by Gasteiger charge is 2.16. The van der Waals surface area contributed by atoms with Crippen molar-refractivity contribution in [1.29, 1.82) is 5.26 Å². The third kappa shape index (κ3) is 3.49. The van der Waals surface area contributed by atoms with E-state index in [0.29, 0.717) is 6.54 Å². The van der Waals surface area contributed by atoms with E-state index >= 15 is 0 Å². The summed E-state index contributed by atoms with van der Waals surface area (Å²) in [6, 6.07) is 9.48. The molecule has 0 radical (unpaired) electrons. The fraction of sp³-hybridized carbons (Fsp3) is 0.385. The third-order valence-electron chi connectivity index (χ3n) is 2.65. The molecule has 0 aliphatic heterocycles. The molecule has 0 saturated carbocycles. The van der Waals surface area contributed by atoms with Crippen molar-refractivity contribution < 1.29 is 9.90 Å². The molecular formula is C13H16N2O2. The van der Waals surface area contributed by atoms with Gasteiger partial charge in [-0.05, 0) is 25.5 Å². The van der Waals surface area contributed by atoms with E-state index in [1.807, 2.05) is 36.1 Å². The molecule has 0 fully saturated rings. The molecule has 0 amide bonds. The molecule has 0 spiro atoms. The number of carbonyl (C=O) groups is 1. The summed E-state index contributed by atoms with van der Waals surface area (Å²) < 4.78 is 0. The Balaban J connectivity index is 2.95. The number of nitriles is 1. The van der Waals surface area contributed by atoms with Gasteiger partial charge >= 0.3 is 5.97 Å². The summed E-state index contributed by atoms with van der Waals surface area (Å²) in [4.78, 5) is 12.4. The van der Waals surface area contributed by atoms with Crippen molar-refractivity contribution in [1.82, 2.24) is 0 Å². The van der Waals surface area contributed by atoms with Crippen molar-refractivity contribution in [3.63, 3.8) is 0 Å². The van der Waals surface area contributed by atoms with E-state index in [2.05, 4.69) is 6.07 Å². The number of nitrogens with zero attached hydrogens (tertiary/aromatic N) is 2. The van der Waals surface area contributed by atoms with Gasteiger partial charge in [0.25, 0.3) is 0 Å². The predicted octanol–water partition coefficient (Wildman–Crippen LogP) is 2.19. The van der Waals surface area contributed by atoms with Crippen molar-refractivity contribution >= 4 is 11.7 Å². The number of carboxylic acids is 1. The van der Waals surface area contributed by atoms with Gasteiger partial charge in [-0.25, -0.2) is 0 Å². The second-order valence-electron chi connectivity index (χ2n) is 3.93. The molecule has 1 unspecified atom stereocenters. The van der Waals surface area contributed by atoms with E-state index in [9.17, 15) is 4.79 Å². The molecule has 17 heavy (non-hydrogen) atoms. The number of hydrogen-bond donors (Lipinski definition) is 1. The zero-order valence-electron chi connectivity index (χ0n) is 10.1. The number of aliphatic carboxylic acids is 1. The first-order valence-corrected chi connectivity index (χ1v) is 5.50. The van der Waals surface area contributed by atoms with E-state index in [4.69, 9.17) is 10.4 Å². The van der Waals surface area contributed by atoms with Crippen LogP contribution in [0.1, 0.15) is 18.9 Å². The number of carboxylic acid groups (broad SMARTS) is 1. The average Bonchev–Trinajstić information content (AvgIpc) is 2.30. The Kier molecular flexibility index (Phi) is 4.53. The maximum Gasteiger partial charge on any atom is 0.305 e.